The van der Waals surface area contributed by atoms with Gasteiger partial charge in [-0.3, -0.25) is 0 Å². The normalized spacial score (nSPS) is 12.2. The van der Waals surface area contributed by atoms with E-state index in [4.69, 9.17) is 16.3 Å². The van der Waals surface area contributed by atoms with Gasteiger partial charge in [-0.1, -0.05) is 23.7 Å². The van der Waals surface area contributed by atoms with Gasteiger partial charge in [-0.2, -0.15) is 0 Å². The van der Waals surface area contributed by atoms with E-state index < -0.39 is 6.10 Å². The second kappa shape index (κ2) is 6.94. The summed E-state index contributed by atoms with van der Waals surface area (Å²) in [5.41, 5.74) is 1.52. The number of aliphatic hydroxyl groups is 1. The summed E-state index contributed by atoms with van der Waals surface area (Å²) in [6.45, 7) is 2.53. The minimum absolute atomic E-state index is 0.576. The lowest BCUT2D eigenvalue weighted by atomic mass is 10.0. The van der Waals surface area contributed by atoms with Crippen molar-refractivity contribution < 1.29 is 9.84 Å². The standard InChI is InChI=1S/C15H13Br2ClO2/c1-2-20-14-6-4-9(7-12(14)17)15(19)10-3-5-11(16)13(18)8-10/h3-8,15,19H,2H2,1H3. The maximum Gasteiger partial charge on any atom is 0.133 e. The first-order valence-corrected chi connectivity index (χ1v) is 8.04. The lowest BCUT2D eigenvalue weighted by molar-refractivity contribution is 0.220. The molecule has 0 aliphatic carbocycles. The van der Waals surface area contributed by atoms with Gasteiger partial charge in [0, 0.05) is 4.47 Å². The van der Waals surface area contributed by atoms with Crippen LogP contribution in [-0.4, -0.2) is 11.7 Å². The van der Waals surface area contributed by atoms with Crippen LogP contribution in [-0.2, 0) is 0 Å². The summed E-state index contributed by atoms with van der Waals surface area (Å²) >= 11 is 12.8. The van der Waals surface area contributed by atoms with Crippen molar-refractivity contribution in [1.82, 2.24) is 0 Å². The zero-order valence-electron chi connectivity index (χ0n) is 10.7. The largest absolute Gasteiger partial charge is 0.493 e. The Hall–Kier alpha value is -0.550. The molecule has 106 valence electrons. The maximum atomic E-state index is 10.4. The van der Waals surface area contributed by atoms with E-state index in [1.165, 1.54) is 0 Å². The molecule has 0 saturated carbocycles. The summed E-state index contributed by atoms with van der Waals surface area (Å²) in [4.78, 5) is 0. The van der Waals surface area contributed by atoms with Crippen molar-refractivity contribution >= 4 is 43.5 Å². The first kappa shape index (κ1) is 15.8. The van der Waals surface area contributed by atoms with E-state index in [0.717, 1.165) is 25.8 Å². The van der Waals surface area contributed by atoms with Gasteiger partial charge in [0.05, 0.1) is 16.1 Å². The lowest BCUT2D eigenvalue weighted by Crippen LogP contribution is -2.01. The average molecular weight is 421 g/mol. The molecule has 0 heterocycles. The number of hydrogen-bond donors (Lipinski definition) is 1. The van der Waals surface area contributed by atoms with Gasteiger partial charge < -0.3 is 9.84 Å². The maximum absolute atomic E-state index is 10.4. The Balaban J connectivity index is 2.30. The molecule has 0 amide bonds. The Bertz CT molecular complexity index is 617. The molecular weight excluding hydrogens is 407 g/mol. The van der Waals surface area contributed by atoms with Crippen LogP contribution < -0.4 is 4.74 Å². The van der Waals surface area contributed by atoms with Crippen molar-refractivity contribution in [3.05, 3.63) is 61.5 Å². The zero-order chi connectivity index (χ0) is 14.7. The van der Waals surface area contributed by atoms with E-state index in [1.807, 2.05) is 37.3 Å². The van der Waals surface area contributed by atoms with Crippen LogP contribution in [0.4, 0.5) is 0 Å². The fourth-order valence-electron chi connectivity index (χ4n) is 1.83. The van der Waals surface area contributed by atoms with E-state index in [9.17, 15) is 5.11 Å². The van der Waals surface area contributed by atoms with Crippen molar-refractivity contribution in [3.8, 4) is 5.75 Å². The molecule has 0 aliphatic heterocycles. The van der Waals surface area contributed by atoms with Gasteiger partial charge in [-0.05, 0) is 74.2 Å². The zero-order valence-corrected chi connectivity index (χ0v) is 14.7. The second-order valence-electron chi connectivity index (χ2n) is 4.20. The molecule has 2 rings (SSSR count). The van der Waals surface area contributed by atoms with Crippen molar-refractivity contribution in [2.75, 3.05) is 6.61 Å². The summed E-state index contributed by atoms with van der Waals surface area (Å²) in [5.74, 6) is 0.761. The molecule has 0 fully saturated rings. The Morgan fingerprint density at radius 2 is 1.75 bits per heavy atom. The SMILES string of the molecule is CCOc1ccc(C(O)c2ccc(Br)c(Cl)c2)cc1Br. The van der Waals surface area contributed by atoms with Crippen LogP contribution >= 0.6 is 43.5 Å². The summed E-state index contributed by atoms with van der Waals surface area (Å²) in [5, 5.41) is 11.0. The van der Waals surface area contributed by atoms with Crippen LogP contribution in [0.25, 0.3) is 0 Å². The van der Waals surface area contributed by atoms with E-state index >= 15 is 0 Å². The molecule has 20 heavy (non-hydrogen) atoms. The number of ether oxygens (including phenoxy) is 1. The highest BCUT2D eigenvalue weighted by molar-refractivity contribution is 9.10. The molecule has 0 bridgehead atoms. The first-order valence-electron chi connectivity index (χ1n) is 6.08. The first-order chi connectivity index (χ1) is 9.52. The van der Waals surface area contributed by atoms with Gasteiger partial charge in [0.2, 0.25) is 0 Å². The van der Waals surface area contributed by atoms with Crippen LogP contribution in [0.1, 0.15) is 24.2 Å². The fraction of sp³-hybridized carbons (Fsp3) is 0.200. The van der Waals surface area contributed by atoms with Crippen molar-refractivity contribution in [1.29, 1.82) is 0 Å². The molecule has 0 spiro atoms. The van der Waals surface area contributed by atoms with Gasteiger partial charge in [0.15, 0.2) is 0 Å². The Labute approximate surface area is 140 Å². The quantitative estimate of drug-likeness (QED) is 0.723. The summed E-state index contributed by atoms with van der Waals surface area (Å²) < 4.78 is 7.08. The Morgan fingerprint density at radius 1 is 1.10 bits per heavy atom. The Morgan fingerprint density at radius 3 is 2.35 bits per heavy atom. The van der Waals surface area contributed by atoms with E-state index in [0.29, 0.717) is 11.6 Å². The van der Waals surface area contributed by atoms with Crippen molar-refractivity contribution in [2.45, 2.75) is 13.0 Å². The highest BCUT2D eigenvalue weighted by Gasteiger charge is 2.13. The monoisotopic (exact) mass is 418 g/mol. The highest BCUT2D eigenvalue weighted by atomic mass is 79.9. The third-order valence-corrected chi connectivity index (χ3v) is 4.68. The number of benzene rings is 2. The predicted molar refractivity (Wildman–Crippen MR) is 88.5 cm³/mol. The molecule has 0 aromatic heterocycles. The molecule has 2 aromatic rings. The number of rotatable bonds is 4. The van der Waals surface area contributed by atoms with Gasteiger partial charge in [0.1, 0.15) is 11.9 Å². The van der Waals surface area contributed by atoms with Gasteiger partial charge >= 0.3 is 0 Å². The van der Waals surface area contributed by atoms with E-state index in [2.05, 4.69) is 31.9 Å². The highest BCUT2D eigenvalue weighted by Crippen LogP contribution is 2.33. The lowest BCUT2D eigenvalue weighted by Gasteiger charge is -2.14. The van der Waals surface area contributed by atoms with Gasteiger partial charge in [-0.15, -0.1) is 0 Å². The average Bonchev–Trinajstić information content (AvgIpc) is 2.43. The van der Waals surface area contributed by atoms with E-state index in [-0.39, 0.29) is 0 Å². The minimum Gasteiger partial charge on any atom is -0.493 e. The molecule has 0 radical (unpaired) electrons. The van der Waals surface area contributed by atoms with E-state index in [1.54, 1.807) is 6.07 Å². The molecule has 0 saturated heterocycles. The van der Waals surface area contributed by atoms with Crippen molar-refractivity contribution in [2.24, 2.45) is 0 Å². The molecule has 1 unspecified atom stereocenters. The summed E-state index contributed by atoms with van der Waals surface area (Å²) in [7, 11) is 0. The molecule has 1 atom stereocenters. The number of hydrogen-bond acceptors (Lipinski definition) is 2. The Kier molecular flexibility index (Phi) is 5.49. The predicted octanol–water partition coefficient (Wildman–Crippen LogP) is 5.35. The fourth-order valence-corrected chi connectivity index (χ4v) is 2.78. The second-order valence-corrected chi connectivity index (χ2v) is 6.31. The van der Waals surface area contributed by atoms with Crippen LogP contribution in [0.2, 0.25) is 5.02 Å². The van der Waals surface area contributed by atoms with Crippen LogP contribution in [0.15, 0.2) is 45.3 Å². The third kappa shape index (κ3) is 3.55. The van der Waals surface area contributed by atoms with Gasteiger partial charge in [0.25, 0.3) is 0 Å². The molecule has 2 nitrogen and oxygen atoms in total. The van der Waals surface area contributed by atoms with Crippen molar-refractivity contribution in [3.63, 3.8) is 0 Å². The molecule has 0 aliphatic rings. The third-order valence-electron chi connectivity index (χ3n) is 2.83. The number of halogens is 3. The summed E-state index contributed by atoms with van der Waals surface area (Å²) in [6, 6.07) is 10.9. The molecule has 1 N–H and O–H groups in total. The summed E-state index contributed by atoms with van der Waals surface area (Å²) in [6.07, 6.45) is -0.729. The number of aliphatic hydroxyl groups excluding tert-OH is 1. The molecule has 5 heteroatoms. The minimum atomic E-state index is -0.729. The molecular formula is C15H13Br2ClO2. The smallest absolute Gasteiger partial charge is 0.133 e. The molecule has 2 aromatic carbocycles. The van der Waals surface area contributed by atoms with Crippen LogP contribution in [0.5, 0.6) is 5.75 Å². The van der Waals surface area contributed by atoms with Crippen LogP contribution in [0.3, 0.4) is 0 Å². The van der Waals surface area contributed by atoms with Crippen LogP contribution in [0, 0.1) is 0 Å². The van der Waals surface area contributed by atoms with Gasteiger partial charge in [-0.25, -0.2) is 0 Å². The topological polar surface area (TPSA) is 29.5 Å².